The molecule has 0 aromatic carbocycles. The lowest BCUT2D eigenvalue weighted by molar-refractivity contribution is -0.461. The summed E-state index contributed by atoms with van der Waals surface area (Å²) < 4.78 is 236. The van der Waals surface area contributed by atoms with Crippen molar-refractivity contribution in [2.75, 3.05) is 24.7 Å². The van der Waals surface area contributed by atoms with Crippen LogP contribution >= 0.6 is 21.6 Å². The van der Waals surface area contributed by atoms with Crippen LogP contribution in [0, 0.1) is 0 Å². The molecule has 0 atom stereocenters. The molecule has 23 heteroatoms. The van der Waals surface area contributed by atoms with Gasteiger partial charge in [0.25, 0.3) is 0 Å². The van der Waals surface area contributed by atoms with Gasteiger partial charge in [-0.25, -0.2) is 0 Å². The van der Waals surface area contributed by atoms with Crippen molar-refractivity contribution in [2.24, 2.45) is 0 Å². The molecule has 0 fully saturated rings. The fraction of sp³-hybridized carbons (Fsp3) is 0.931. The largest absolute Gasteiger partial charge is 0.465 e. The molecule has 0 saturated carbocycles. The zero-order valence-electron chi connectivity index (χ0n) is 27.6. The summed E-state index contributed by atoms with van der Waals surface area (Å²) in [5.41, 5.74) is 0. The minimum atomic E-state index is -8.70. The SMILES string of the molecule is CCCCCCCCCCCCCC(=O)OCCSSCCOC(=O)CCC(F)(F)C(F)(F)C(F)(F)C(F)(F)C(F)(F)C(F)(F)C(F)(F)C(F)(F)F. The van der Waals surface area contributed by atoms with Crippen molar-refractivity contribution >= 4 is 33.5 Å². The van der Waals surface area contributed by atoms with Gasteiger partial charge in [-0.05, 0) is 6.42 Å². The monoisotopic (exact) mass is 838 g/mol. The number of ether oxygens (including phenoxy) is 2. The van der Waals surface area contributed by atoms with Crippen LogP contribution in [0.25, 0.3) is 0 Å². The van der Waals surface area contributed by atoms with Crippen molar-refractivity contribution in [3.8, 4) is 0 Å². The molecular weight excluding hydrogens is 799 g/mol. The zero-order chi connectivity index (χ0) is 40.7. The van der Waals surface area contributed by atoms with Crippen LogP contribution < -0.4 is 0 Å². The second kappa shape index (κ2) is 20.9. The first kappa shape index (κ1) is 50.4. The summed E-state index contributed by atoms with van der Waals surface area (Å²) in [4.78, 5) is 23.3. The number of hydrogen-bond donors (Lipinski definition) is 0. The zero-order valence-corrected chi connectivity index (χ0v) is 29.2. The van der Waals surface area contributed by atoms with E-state index in [1.165, 1.54) is 38.5 Å². The van der Waals surface area contributed by atoms with E-state index in [-0.39, 0.29) is 24.5 Å². The number of alkyl halides is 17. The lowest BCUT2D eigenvalue weighted by atomic mass is 9.88. The molecule has 0 rings (SSSR count). The standard InChI is InChI=1S/C29H39F17O4S2/c1-2-3-4-5-6-7-8-9-10-11-12-13-20(47)49-16-18-51-52-19-17-50-21(48)14-15-22(30,31)23(32,33)24(34,35)25(36,37)26(38,39)27(40,41)28(42,43)29(44,45)46/h2-19H2,1H3. The van der Waals surface area contributed by atoms with E-state index in [0.29, 0.717) is 6.42 Å². The average Bonchev–Trinajstić information content (AvgIpc) is 3.02. The molecule has 52 heavy (non-hydrogen) atoms. The molecule has 0 bridgehead atoms. The highest BCUT2D eigenvalue weighted by Gasteiger charge is 2.95. The van der Waals surface area contributed by atoms with E-state index in [0.717, 1.165) is 47.3 Å². The Balaban J connectivity index is 4.62. The second-order valence-corrected chi connectivity index (χ2v) is 14.2. The molecule has 0 aliphatic heterocycles. The highest BCUT2D eigenvalue weighted by atomic mass is 33.1. The van der Waals surface area contributed by atoms with Gasteiger partial charge in [0.1, 0.15) is 13.2 Å². The van der Waals surface area contributed by atoms with Crippen LogP contribution in [0.4, 0.5) is 74.6 Å². The highest BCUT2D eigenvalue weighted by Crippen LogP contribution is 2.64. The molecule has 310 valence electrons. The molecule has 0 heterocycles. The summed E-state index contributed by atoms with van der Waals surface area (Å²) >= 11 is 0. The summed E-state index contributed by atoms with van der Waals surface area (Å²) in [5.74, 6) is -59.2. The van der Waals surface area contributed by atoms with Gasteiger partial charge in [-0.1, -0.05) is 92.7 Å². The Bertz CT molecular complexity index is 1070. The Morgan fingerprint density at radius 2 is 0.769 bits per heavy atom. The van der Waals surface area contributed by atoms with Crippen molar-refractivity contribution in [1.29, 1.82) is 0 Å². The van der Waals surface area contributed by atoms with E-state index in [4.69, 9.17) is 4.74 Å². The fourth-order valence-electron chi connectivity index (χ4n) is 4.19. The summed E-state index contributed by atoms with van der Waals surface area (Å²) in [5, 5.41) is 0. The molecule has 0 amide bonds. The second-order valence-electron chi connectivity index (χ2n) is 11.5. The van der Waals surface area contributed by atoms with Crippen molar-refractivity contribution in [1.82, 2.24) is 0 Å². The van der Waals surface area contributed by atoms with Gasteiger partial charge in [0.2, 0.25) is 0 Å². The topological polar surface area (TPSA) is 52.6 Å². The summed E-state index contributed by atoms with van der Waals surface area (Å²) in [6.07, 6.45) is -0.405. The smallest absolute Gasteiger partial charge is 0.460 e. The normalized spacial score (nSPS) is 14.1. The molecule has 0 N–H and O–H groups in total. The van der Waals surface area contributed by atoms with Crippen molar-refractivity contribution < 1.29 is 93.7 Å². The van der Waals surface area contributed by atoms with Crippen LogP contribution in [0.2, 0.25) is 0 Å². The quantitative estimate of drug-likeness (QED) is 0.0339. The van der Waals surface area contributed by atoms with Crippen LogP contribution in [0.15, 0.2) is 0 Å². The maximum Gasteiger partial charge on any atom is 0.460 e. The van der Waals surface area contributed by atoms with Crippen molar-refractivity contribution in [2.45, 2.75) is 144 Å². The molecule has 0 aliphatic carbocycles. The number of carbonyl (C=O) groups is 2. The summed E-state index contributed by atoms with van der Waals surface area (Å²) in [7, 11) is 2.04. The average molecular weight is 839 g/mol. The van der Waals surface area contributed by atoms with E-state index in [1.54, 1.807) is 0 Å². The van der Waals surface area contributed by atoms with Crippen molar-refractivity contribution in [3.05, 3.63) is 0 Å². The van der Waals surface area contributed by atoms with Crippen LogP contribution in [0.1, 0.15) is 96.8 Å². The number of unbranched alkanes of at least 4 members (excludes halogenated alkanes) is 10. The number of rotatable bonds is 28. The van der Waals surface area contributed by atoms with Gasteiger partial charge in [0, 0.05) is 24.3 Å². The molecule has 0 radical (unpaired) electrons. The number of hydrogen-bond acceptors (Lipinski definition) is 6. The van der Waals surface area contributed by atoms with Crippen LogP contribution in [-0.2, 0) is 19.1 Å². The third-order valence-electron chi connectivity index (χ3n) is 7.36. The van der Waals surface area contributed by atoms with Gasteiger partial charge in [0.15, 0.2) is 0 Å². The third kappa shape index (κ3) is 13.0. The van der Waals surface area contributed by atoms with Gasteiger partial charge in [-0.3, -0.25) is 9.59 Å². The maximum atomic E-state index is 13.9. The molecule has 0 aromatic rings. The highest BCUT2D eigenvalue weighted by molar-refractivity contribution is 8.76. The van der Waals surface area contributed by atoms with E-state index in [2.05, 4.69) is 11.7 Å². The first-order valence-corrected chi connectivity index (χ1v) is 18.4. The van der Waals surface area contributed by atoms with E-state index in [1.807, 2.05) is 0 Å². The molecule has 0 unspecified atom stereocenters. The molecule has 0 aromatic heterocycles. The fourth-order valence-corrected chi connectivity index (χ4v) is 5.84. The molecular formula is C29H39F17O4S2. The van der Waals surface area contributed by atoms with Gasteiger partial charge in [0.05, 0.1) is 6.42 Å². The maximum absolute atomic E-state index is 13.9. The Morgan fingerprint density at radius 1 is 0.442 bits per heavy atom. The first-order valence-electron chi connectivity index (χ1n) is 15.9. The van der Waals surface area contributed by atoms with E-state index >= 15 is 0 Å². The van der Waals surface area contributed by atoms with E-state index < -0.39 is 79.0 Å². The van der Waals surface area contributed by atoms with Crippen LogP contribution in [0.5, 0.6) is 0 Å². The Labute approximate surface area is 296 Å². The van der Waals surface area contributed by atoms with Crippen LogP contribution in [-0.4, -0.2) is 84.3 Å². The van der Waals surface area contributed by atoms with Gasteiger partial charge >= 0.3 is 59.6 Å². The predicted octanol–water partition coefficient (Wildman–Crippen LogP) is 11.9. The predicted molar refractivity (Wildman–Crippen MR) is 158 cm³/mol. The van der Waals surface area contributed by atoms with E-state index in [9.17, 15) is 84.2 Å². The number of halogens is 17. The minimum absolute atomic E-state index is 0.00434. The summed E-state index contributed by atoms with van der Waals surface area (Å²) in [6.45, 7) is 1.51. The van der Waals surface area contributed by atoms with Gasteiger partial charge < -0.3 is 9.47 Å². The molecule has 0 spiro atoms. The third-order valence-corrected chi connectivity index (χ3v) is 9.69. The Morgan fingerprint density at radius 3 is 1.15 bits per heavy atom. The molecule has 0 aliphatic rings. The molecule has 4 nitrogen and oxygen atoms in total. The summed E-state index contributed by atoms with van der Waals surface area (Å²) in [6, 6.07) is 0. The minimum Gasteiger partial charge on any atom is -0.465 e. The van der Waals surface area contributed by atoms with Gasteiger partial charge in [-0.15, -0.1) is 0 Å². The Kier molecular flexibility index (Phi) is 20.3. The van der Waals surface area contributed by atoms with Crippen molar-refractivity contribution in [3.63, 3.8) is 0 Å². The first-order chi connectivity index (χ1) is 23.6. The number of esters is 2. The van der Waals surface area contributed by atoms with Gasteiger partial charge in [-0.2, -0.15) is 74.6 Å². The lowest BCUT2D eigenvalue weighted by Gasteiger charge is -2.42. The lowest BCUT2D eigenvalue weighted by Crippen LogP contribution is -2.74. The van der Waals surface area contributed by atoms with Crippen LogP contribution in [0.3, 0.4) is 0 Å². The Hall–Kier alpha value is -1.55. The molecule has 0 saturated heterocycles. The number of carbonyl (C=O) groups excluding carboxylic acids is 2.